The average Bonchev–Trinajstić information content (AvgIpc) is 2.68. The molecule has 1 aliphatic rings. The lowest BCUT2D eigenvalue weighted by atomic mass is 10.2. The molecule has 2 N–H and O–H groups in total. The summed E-state index contributed by atoms with van der Waals surface area (Å²) in [5.74, 6) is 0. The Bertz CT molecular complexity index is 1020. The van der Waals surface area contributed by atoms with Gasteiger partial charge in [-0.1, -0.05) is 0 Å². The predicted octanol–water partition coefficient (Wildman–Crippen LogP) is 1.24. The summed E-state index contributed by atoms with van der Waals surface area (Å²) in [5, 5.41) is 3.30. The molecular weight excluding hydrogens is 352 g/mol. The number of sulfonamides is 1. The topological polar surface area (TPSA) is 100 Å². The fourth-order valence-corrected chi connectivity index (χ4v) is 3.92. The van der Waals surface area contributed by atoms with Gasteiger partial charge in [0.2, 0.25) is 0 Å². The molecular formula is C17H18N6O2S. The van der Waals surface area contributed by atoms with Crippen LogP contribution in [0, 0.1) is 0 Å². The van der Waals surface area contributed by atoms with Crippen molar-refractivity contribution in [3.05, 3.63) is 48.9 Å². The number of nitrogens with zero attached hydrogens (tertiary/aromatic N) is 4. The molecule has 4 rings (SSSR count). The van der Waals surface area contributed by atoms with E-state index in [0.29, 0.717) is 16.9 Å². The van der Waals surface area contributed by atoms with E-state index in [2.05, 4.69) is 29.9 Å². The smallest absolute Gasteiger partial charge is 0.261 e. The van der Waals surface area contributed by atoms with Crippen molar-refractivity contribution in [3.63, 3.8) is 0 Å². The Morgan fingerprint density at radius 3 is 2.50 bits per heavy atom. The first-order valence-electron chi connectivity index (χ1n) is 8.27. The Labute approximate surface area is 151 Å². The highest BCUT2D eigenvalue weighted by Gasteiger charge is 2.16. The summed E-state index contributed by atoms with van der Waals surface area (Å²) >= 11 is 0. The van der Waals surface area contributed by atoms with E-state index in [1.165, 1.54) is 12.4 Å². The van der Waals surface area contributed by atoms with Crippen molar-refractivity contribution in [2.75, 3.05) is 35.8 Å². The molecule has 1 aromatic carbocycles. The van der Waals surface area contributed by atoms with Crippen LogP contribution in [0.2, 0.25) is 0 Å². The molecule has 1 aliphatic heterocycles. The van der Waals surface area contributed by atoms with Gasteiger partial charge in [0.05, 0.1) is 16.8 Å². The minimum atomic E-state index is -3.70. The van der Waals surface area contributed by atoms with Gasteiger partial charge in [-0.25, -0.2) is 18.4 Å². The molecule has 0 radical (unpaired) electrons. The first-order chi connectivity index (χ1) is 12.6. The molecule has 9 heteroatoms. The minimum Gasteiger partial charge on any atom is -0.369 e. The van der Waals surface area contributed by atoms with Crippen LogP contribution in [0.15, 0.2) is 53.8 Å². The summed E-state index contributed by atoms with van der Waals surface area (Å²) in [5.41, 5.74) is 2.37. The van der Waals surface area contributed by atoms with Crippen molar-refractivity contribution >= 4 is 32.6 Å². The van der Waals surface area contributed by atoms with Crippen LogP contribution in [0.1, 0.15) is 0 Å². The number of piperazine rings is 1. The maximum absolute atomic E-state index is 12.6. The molecule has 0 saturated carbocycles. The lowest BCUT2D eigenvalue weighted by Gasteiger charge is -2.29. The summed E-state index contributed by atoms with van der Waals surface area (Å²) in [4.78, 5) is 14.8. The van der Waals surface area contributed by atoms with Gasteiger partial charge in [0.25, 0.3) is 10.0 Å². The number of rotatable bonds is 4. The molecule has 0 bridgehead atoms. The highest BCUT2D eigenvalue weighted by molar-refractivity contribution is 7.92. The molecule has 26 heavy (non-hydrogen) atoms. The normalized spacial score (nSPS) is 15.2. The summed E-state index contributed by atoms with van der Waals surface area (Å²) in [7, 11) is -3.70. The van der Waals surface area contributed by atoms with Gasteiger partial charge in [0.15, 0.2) is 5.65 Å². The number of aromatic nitrogens is 3. The molecule has 0 aliphatic carbocycles. The monoisotopic (exact) mass is 370 g/mol. The van der Waals surface area contributed by atoms with Gasteiger partial charge >= 0.3 is 0 Å². The fourth-order valence-electron chi connectivity index (χ4n) is 2.89. The lowest BCUT2D eigenvalue weighted by Crippen LogP contribution is -2.43. The van der Waals surface area contributed by atoms with Crippen LogP contribution in [0.4, 0.5) is 11.4 Å². The summed E-state index contributed by atoms with van der Waals surface area (Å²) in [6.45, 7) is 3.68. The molecule has 3 heterocycles. The number of fused-ring (bicyclic) bond motifs is 1. The second kappa shape index (κ2) is 6.85. The van der Waals surface area contributed by atoms with E-state index in [0.717, 1.165) is 31.9 Å². The van der Waals surface area contributed by atoms with E-state index in [9.17, 15) is 8.42 Å². The van der Waals surface area contributed by atoms with Crippen LogP contribution in [-0.4, -0.2) is 49.5 Å². The van der Waals surface area contributed by atoms with Crippen LogP contribution >= 0.6 is 0 Å². The predicted molar refractivity (Wildman–Crippen MR) is 99.7 cm³/mol. The number of benzene rings is 1. The Kier molecular flexibility index (Phi) is 4.39. The molecule has 0 spiro atoms. The first kappa shape index (κ1) is 16.7. The lowest BCUT2D eigenvalue weighted by molar-refractivity contribution is 0.589. The van der Waals surface area contributed by atoms with Crippen molar-refractivity contribution in [1.29, 1.82) is 0 Å². The standard InChI is InChI=1S/C17H18N6O2S/c24-26(25,22-13-11-16-17(21-12-13)20-6-5-19-16)15-3-1-14(2-4-15)23-9-7-18-8-10-23/h1-6,11-12,18,22H,7-10H2. The SMILES string of the molecule is O=S(=O)(Nc1cnc2nccnc2c1)c1ccc(N2CCNCC2)cc1. The van der Waals surface area contributed by atoms with Crippen LogP contribution in [0.5, 0.6) is 0 Å². The molecule has 8 nitrogen and oxygen atoms in total. The van der Waals surface area contributed by atoms with E-state index in [1.54, 1.807) is 24.4 Å². The van der Waals surface area contributed by atoms with E-state index in [-0.39, 0.29) is 4.90 Å². The van der Waals surface area contributed by atoms with E-state index in [1.807, 2.05) is 12.1 Å². The molecule has 3 aromatic rings. The van der Waals surface area contributed by atoms with Gasteiger partial charge < -0.3 is 10.2 Å². The van der Waals surface area contributed by atoms with Gasteiger partial charge in [0.1, 0.15) is 5.52 Å². The minimum absolute atomic E-state index is 0.204. The quantitative estimate of drug-likeness (QED) is 0.712. The van der Waals surface area contributed by atoms with Gasteiger partial charge in [-0.3, -0.25) is 9.71 Å². The summed E-state index contributed by atoms with van der Waals surface area (Å²) in [6.07, 6.45) is 4.51. The van der Waals surface area contributed by atoms with Gasteiger partial charge in [-0.05, 0) is 30.3 Å². The third-order valence-corrected chi connectivity index (χ3v) is 5.60. The largest absolute Gasteiger partial charge is 0.369 e. The highest BCUT2D eigenvalue weighted by Crippen LogP contribution is 2.21. The van der Waals surface area contributed by atoms with Gasteiger partial charge in [-0.15, -0.1) is 0 Å². The van der Waals surface area contributed by atoms with Crippen molar-refractivity contribution in [2.45, 2.75) is 4.90 Å². The molecule has 0 amide bonds. The number of anilines is 2. The average molecular weight is 370 g/mol. The zero-order valence-electron chi connectivity index (χ0n) is 14.0. The van der Waals surface area contributed by atoms with Crippen LogP contribution in [0.3, 0.4) is 0 Å². The van der Waals surface area contributed by atoms with Crippen LogP contribution in [-0.2, 0) is 10.0 Å². The summed E-state index contributed by atoms with van der Waals surface area (Å²) < 4.78 is 27.8. The van der Waals surface area contributed by atoms with Crippen LogP contribution in [0.25, 0.3) is 11.2 Å². The van der Waals surface area contributed by atoms with Gasteiger partial charge in [0, 0.05) is 44.3 Å². The van der Waals surface area contributed by atoms with Crippen molar-refractivity contribution < 1.29 is 8.42 Å². The van der Waals surface area contributed by atoms with E-state index >= 15 is 0 Å². The van der Waals surface area contributed by atoms with Crippen molar-refractivity contribution in [1.82, 2.24) is 20.3 Å². The molecule has 0 unspecified atom stereocenters. The molecule has 0 atom stereocenters. The first-order valence-corrected chi connectivity index (χ1v) is 9.75. The molecule has 1 fully saturated rings. The maximum Gasteiger partial charge on any atom is 0.261 e. The molecule has 2 aromatic heterocycles. The highest BCUT2D eigenvalue weighted by atomic mass is 32.2. The van der Waals surface area contributed by atoms with Crippen LogP contribution < -0.4 is 14.9 Å². The number of nitrogens with one attached hydrogen (secondary N) is 2. The Balaban J connectivity index is 1.55. The number of hydrogen-bond acceptors (Lipinski definition) is 7. The third kappa shape index (κ3) is 3.44. The van der Waals surface area contributed by atoms with Crippen molar-refractivity contribution in [2.24, 2.45) is 0 Å². The van der Waals surface area contributed by atoms with Gasteiger partial charge in [-0.2, -0.15) is 0 Å². The third-order valence-electron chi connectivity index (χ3n) is 4.21. The zero-order valence-corrected chi connectivity index (χ0v) is 14.8. The van der Waals surface area contributed by atoms with Crippen molar-refractivity contribution in [3.8, 4) is 0 Å². The van der Waals surface area contributed by atoms with E-state index in [4.69, 9.17) is 0 Å². The Morgan fingerprint density at radius 2 is 1.73 bits per heavy atom. The Morgan fingerprint density at radius 1 is 1.00 bits per heavy atom. The van der Waals surface area contributed by atoms with E-state index < -0.39 is 10.0 Å². The molecule has 134 valence electrons. The Hall–Kier alpha value is -2.78. The fraction of sp³-hybridized carbons (Fsp3) is 0.235. The number of pyridine rings is 1. The second-order valence-electron chi connectivity index (χ2n) is 5.96. The second-order valence-corrected chi connectivity index (χ2v) is 7.64. The zero-order chi connectivity index (χ0) is 18.0. The summed E-state index contributed by atoms with van der Waals surface area (Å²) in [6, 6.07) is 8.53. The number of hydrogen-bond donors (Lipinski definition) is 2. The maximum atomic E-state index is 12.6. The molecule has 1 saturated heterocycles.